The Labute approximate surface area is 187 Å². The van der Waals surface area contributed by atoms with E-state index in [0.29, 0.717) is 19.6 Å². The smallest absolute Gasteiger partial charge is 0.475 e. The van der Waals surface area contributed by atoms with Crippen LogP contribution in [0.5, 0.6) is 0 Å². The van der Waals surface area contributed by atoms with Gasteiger partial charge in [-0.2, -0.15) is 13.2 Å². The van der Waals surface area contributed by atoms with Crippen molar-refractivity contribution in [2.24, 2.45) is 0 Å². The molecule has 0 saturated heterocycles. The molecule has 1 aliphatic heterocycles. The molecule has 0 saturated carbocycles. The molecule has 2 N–H and O–H groups in total. The minimum absolute atomic E-state index is 0.0745. The summed E-state index contributed by atoms with van der Waals surface area (Å²) in [5.41, 5.74) is 2.73. The average molecular weight is 461 g/mol. The number of fused-ring (bicyclic) bond motifs is 1. The maximum absolute atomic E-state index is 12.8. The average Bonchev–Trinajstić information content (AvgIpc) is 3.20. The summed E-state index contributed by atoms with van der Waals surface area (Å²) in [6.07, 6.45) is -1.27. The first-order chi connectivity index (χ1) is 15.6. The number of hydrogen-bond donors (Lipinski definition) is 2. The number of nitrogens with zero attached hydrogens (tertiary/aromatic N) is 4. The number of aromatic nitrogens is 3. The molecule has 0 atom stereocenters. The van der Waals surface area contributed by atoms with Crippen LogP contribution in [0.2, 0.25) is 0 Å². The molecule has 0 radical (unpaired) electrons. The second-order valence-corrected chi connectivity index (χ2v) is 7.25. The number of carbonyl (C=O) groups excluding carboxylic acids is 1. The lowest BCUT2D eigenvalue weighted by molar-refractivity contribution is -0.192. The van der Waals surface area contributed by atoms with E-state index >= 15 is 0 Å². The zero-order chi connectivity index (χ0) is 24.0. The summed E-state index contributed by atoms with van der Waals surface area (Å²) in [5, 5.41) is 10.4. The van der Waals surface area contributed by atoms with Crippen LogP contribution in [0, 0.1) is 6.92 Å². The highest BCUT2D eigenvalue weighted by atomic mass is 19.4. The Kier molecular flexibility index (Phi) is 7.31. The number of halogens is 3. The third-order valence-electron chi connectivity index (χ3n) is 4.87. The van der Waals surface area contributed by atoms with Gasteiger partial charge in [0.25, 0.3) is 5.91 Å². The lowest BCUT2D eigenvalue weighted by Crippen LogP contribution is -2.38. The van der Waals surface area contributed by atoms with Gasteiger partial charge in [0.1, 0.15) is 11.6 Å². The van der Waals surface area contributed by atoms with E-state index in [1.165, 1.54) is 0 Å². The van der Waals surface area contributed by atoms with Crippen LogP contribution in [0.25, 0.3) is 0 Å². The third-order valence-corrected chi connectivity index (χ3v) is 4.87. The van der Waals surface area contributed by atoms with Gasteiger partial charge in [0.2, 0.25) is 0 Å². The molecule has 33 heavy (non-hydrogen) atoms. The molecule has 1 amide bonds. The van der Waals surface area contributed by atoms with Gasteiger partial charge in [-0.15, -0.1) is 0 Å². The number of carbonyl (C=O) groups is 2. The fraction of sp³-hybridized carbons (Fsp3) is 0.273. The summed E-state index contributed by atoms with van der Waals surface area (Å²) in [6.45, 7) is 4.59. The highest BCUT2D eigenvalue weighted by Crippen LogP contribution is 2.18. The topological polar surface area (TPSA) is 100 Å². The molecule has 174 valence electrons. The number of amides is 1. The molecule has 0 unspecified atom stereocenters. The minimum atomic E-state index is -5.08. The van der Waals surface area contributed by atoms with Gasteiger partial charge in [-0.3, -0.25) is 4.79 Å². The number of alkyl halides is 3. The summed E-state index contributed by atoms with van der Waals surface area (Å²) < 4.78 is 33.9. The molecule has 1 aliphatic rings. The maximum Gasteiger partial charge on any atom is 0.490 e. The fourth-order valence-electron chi connectivity index (χ4n) is 3.20. The Balaban J connectivity index is 0.000000383. The highest BCUT2D eigenvalue weighted by molar-refractivity contribution is 5.95. The Hall–Kier alpha value is -3.89. The molecule has 0 fully saturated rings. The number of anilines is 1. The second-order valence-electron chi connectivity index (χ2n) is 7.25. The molecular weight excluding hydrogens is 439 g/mol. The SMILES string of the molecule is Cc1ccccc1C(=O)N1CCn2cc(CNc3ccccn3)nc2C1.O=C(O)C(F)(F)F. The van der Waals surface area contributed by atoms with Crippen molar-refractivity contribution in [2.45, 2.75) is 32.7 Å². The number of benzene rings is 1. The second kappa shape index (κ2) is 10.2. The van der Waals surface area contributed by atoms with Crippen molar-refractivity contribution in [1.82, 2.24) is 19.4 Å². The summed E-state index contributed by atoms with van der Waals surface area (Å²) >= 11 is 0. The standard InChI is InChI=1S/C20H21N5O.C2HF3O2/c1-15-6-2-3-7-17(15)20(26)25-11-10-24-13-16(23-19(24)14-25)12-22-18-8-4-5-9-21-18;3-2(4,5)1(6)7/h2-9,13H,10-12,14H2,1H3,(H,21,22);(H,6,7). The van der Waals surface area contributed by atoms with Crippen LogP contribution in [0.3, 0.4) is 0 Å². The first-order valence-electron chi connectivity index (χ1n) is 10.00. The van der Waals surface area contributed by atoms with Crippen LogP contribution in [0.4, 0.5) is 19.0 Å². The summed E-state index contributed by atoms with van der Waals surface area (Å²) in [6, 6.07) is 13.5. The van der Waals surface area contributed by atoms with Gasteiger partial charge in [0.05, 0.1) is 18.8 Å². The van der Waals surface area contributed by atoms with Crippen LogP contribution in [0.15, 0.2) is 54.9 Å². The molecule has 0 spiro atoms. The van der Waals surface area contributed by atoms with Crippen molar-refractivity contribution in [3.05, 3.63) is 77.5 Å². The third kappa shape index (κ3) is 6.31. The molecule has 8 nitrogen and oxygen atoms in total. The van der Waals surface area contributed by atoms with Crippen molar-refractivity contribution in [3.8, 4) is 0 Å². The van der Waals surface area contributed by atoms with Gasteiger partial charge < -0.3 is 19.9 Å². The number of pyridine rings is 1. The first-order valence-corrected chi connectivity index (χ1v) is 10.00. The van der Waals surface area contributed by atoms with E-state index in [1.54, 1.807) is 6.20 Å². The molecule has 0 bridgehead atoms. The van der Waals surface area contributed by atoms with Crippen LogP contribution in [0.1, 0.15) is 27.4 Å². The van der Waals surface area contributed by atoms with Gasteiger partial charge in [0.15, 0.2) is 0 Å². The van der Waals surface area contributed by atoms with Crippen LogP contribution >= 0.6 is 0 Å². The number of carboxylic acids is 1. The molecule has 11 heteroatoms. The largest absolute Gasteiger partial charge is 0.490 e. The van der Waals surface area contributed by atoms with Crippen molar-refractivity contribution in [1.29, 1.82) is 0 Å². The van der Waals surface area contributed by atoms with Gasteiger partial charge in [-0.1, -0.05) is 24.3 Å². The van der Waals surface area contributed by atoms with Crippen molar-refractivity contribution in [3.63, 3.8) is 0 Å². The maximum atomic E-state index is 12.8. The Bertz CT molecular complexity index is 1120. The van der Waals surface area contributed by atoms with Crippen LogP contribution in [-0.2, 0) is 24.4 Å². The van der Waals surface area contributed by atoms with Crippen LogP contribution < -0.4 is 5.32 Å². The molecule has 1 aromatic carbocycles. The van der Waals surface area contributed by atoms with Crippen LogP contribution in [-0.4, -0.2) is 49.1 Å². The Morgan fingerprint density at radius 1 is 1.12 bits per heavy atom. The summed E-state index contributed by atoms with van der Waals surface area (Å²) in [7, 11) is 0. The van der Waals surface area contributed by atoms with Crippen molar-refractivity contribution < 1.29 is 27.9 Å². The van der Waals surface area contributed by atoms with E-state index in [4.69, 9.17) is 14.9 Å². The molecule has 4 rings (SSSR count). The number of carboxylic acid groups (broad SMARTS) is 1. The molecule has 3 aromatic rings. The van der Waals surface area contributed by atoms with E-state index in [-0.39, 0.29) is 5.91 Å². The van der Waals surface area contributed by atoms with Crippen molar-refractivity contribution >= 4 is 17.7 Å². The highest BCUT2D eigenvalue weighted by Gasteiger charge is 2.38. The normalized spacial score (nSPS) is 12.9. The van der Waals surface area contributed by atoms with Gasteiger partial charge >= 0.3 is 12.1 Å². The zero-order valence-electron chi connectivity index (χ0n) is 17.7. The molecular formula is C22H22F3N5O3. The Morgan fingerprint density at radius 2 is 1.82 bits per heavy atom. The lowest BCUT2D eigenvalue weighted by atomic mass is 10.1. The van der Waals surface area contributed by atoms with E-state index in [2.05, 4.69) is 21.1 Å². The predicted molar refractivity (Wildman–Crippen MR) is 113 cm³/mol. The number of hydrogen-bond acceptors (Lipinski definition) is 5. The first kappa shape index (κ1) is 23.8. The number of rotatable bonds is 4. The number of aliphatic carboxylic acids is 1. The predicted octanol–water partition coefficient (Wildman–Crippen LogP) is 3.49. The quantitative estimate of drug-likeness (QED) is 0.617. The number of aryl methyl sites for hydroxylation is 1. The summed E-state index contributed by atoms with van der Waals surface area (Å²) in [5.74, 6) is -0.927. The summed E-state index contributed by atoms with van der Waals surface area (Å²) in [4.78, 5) is 32.5. The van der Waals surface area contributed by atoms with Crippen molar-refractivity contribution in [2.75, 3.05) is 11.9 Å². The monoisotopic (exact) mass is 461 g/mol. The number of nitrogens with one attached hydrogen (secondary N) is 1. The van der Waals surface area contributed by atoms with E-state index in [0.717, 1.165) is 35.0 Å². The lowest BCUT2D eigenvalue weighted by Gasteiger charge is -2.28. The molecule has 3 heterocycles. The molecule has 0 aliphatic carbocycles. The zero-order valence-corrected chi connectivity index (χ0v) is 17.7. The van der Waals surface area contributed by atoms with E-state index < -0.39 is 12.1 Å². The van der Waals surface area contributed by atoms with Gasteiger partial charge in [-0.25, -0.2) is 14.8 Å². The minimum Gasteiger partial charge on any atom is -0.475 e. The number of imidazole rings is 1. The fourth-order valence-corrected chi connectivity index (χ4v) is 3.20. The van der Waals surface area contributed by atoms with Gasteiger partial charge in [-0.05, 0) is 30.7 Å². The van der Waals surface area contributed by atoms with E-state index in [9.17, 15) is 18.0 Å². The molecule has 2 aromatic heterocycles. The van der Waals surface area contributed by atoms with E-state index in [1.807, 2.05) is 54.3 Å². The van der Waals surface area contributed by atoms with Gasteiger partial charge in [0, 0.05) is 31.0 Å². The Morgan fingerprint density at radius 3 is 2.45 bits per heavy atom.